The topological polar surface area (TPSA) is 120 Å². The van der Waals surface area contributed by atoms with Gasteiger partial charge in [-0.15, -0.1) is 16.4 Å². The van der Waals surface area contributed by atoms with Gasteiger partial charge in [0, 0.05) is 25.3 Å². The molecule has 0 saturated carbocycles. The van der Waals surface area contributed by atoms with Crippen molar-refractivity contribution in [2.45, 2.75) is 68.7 Å². The third kappa shape index (κ3) is 5.63. The fraction of sp³-hybridized carbons (Fsp3) is 0.517. The van der Waals surface area contributed by atoms with Crippen LogP contribution in [0.5, 0.6) is 5.88 Å². The number of nitrogens with zero attached hydrogens (tertiary/aromatic N) is 5. The zero-order chi connectivity index (χ0) is 31.5. The lowest BCUT2D eigenvalue weighted by molar-refractivity contribution is -0.126. The molecule has 2 N–H and O–H groups in total. The number of amides is 1. The smallest absolute Gasteiger partial charge is 0.393 e. The largest absolute Gasteiger partial charge is 0.479 e. The Bertz CT molecular complexity index is 1720. The summed E-state index contributed by atoms with van der Waals surface area (Å²) >= 11 is 1.10. The van der Waals surface area contributed by atoms with Crippen molar-refractivity contribution in [3.05, 3.63) is 41.4 Å². The number of carbonyl (C=O) groups is 1. The Kier molecular flexibility index (Phi) is 7.68. The molecule has 0 aliphatic carbocycles. The molecule has 4 atom stereocenters. The van der Waals surface area contributed by atoms with Crippen LogP contribution < -0.4 is 15.4 Å². The summed E-state index contributed by atoms with van der Waals surface area (Å²) in [5.41, 5.74) is 0.781. The van der Waals surface area contributed by atoms with Crippen molar-refractivity contribution in [2.24, 2.45) is 7.05 Å². The quantitative estimate of drug-likeness (QED) is 0.253. The van der Waals surface area contributed by atoms with Gasteiger partial charge in [0.1, 0.15) is 11.7 Å². The Hall–Kier alpha value is -3.76. The number of aromatic nitrogens is 4. The van der Waals surface area contributed by atoms with E-state index in [9.17, 15) is 18.0 Å². The number of piperidine rings is 1. The molecule has 45 heavy (non-hydrogen) atoms. The van der Waals surface area contributed by atoms with Crippen molar-refractivity contribution in [3.63, 3.8) is 0 Å². The highest BCUT2D eigenvalue weighted by molar-refractivity contribution is 7.23. The van der Waals surface area contributed by atoms with Gasteiger partial charge in [0.2, 0.25) is 17.6 Å². The highest BCUT2D eigenvalue weighted by Gasteiger charge is 2.51. The average Bonchev–Trinajstić information content (AvgIpc) is 3.74. The molecular formula is C29H31F4N7O4S. The lowest BCUT2D eigenvalue weighted by atomic mass is 9.92. The van der Waals surface area contributed by atoms with Crippen LogP contribution in [0.4, 0.5) is 23.2 Å². The first-order chi connectivity index (χ1) is 21.6. The number of nitrogens with one attached hydrogen (secondary N) is 2. The molecular weight excluding hydrogens is 618 g/mol. The first kappa shape index (κ1) is 29.9. The zero-order valence-electron chi connectivity index (χ0n) is 24.4. The molecule has 2 bridgehead atoms. The Morgan fingerprint density at radius 3 is 2.78 bits per heavy atom. The number of carbonyl (C=O) groups excluding carboxylic acids is 1. The summed E-state index contributed by atoms with van der Waals surface area (Å²) in [6.45, 7) is 1.09. The van der Waals surface area contributed by atoms with Crippen LogP contribution in [0.3, 0.4) is 0 Å². The van der Waals surface area contributed by atoms with Crippen LogP contribution in [0, 0.1) is 0 Å². The van der Waals surface area contributed by atoms with Crippen molar-refractivity contribution in [2.75, 3.05) is 25.6 Å². The predicted octanol–water partition coefficient (Wildman–Crippen LogP) is 4.48. The summed E-state index contributed by atoms with van der Waals surface area (Å²) in [4.78, 5) is 19.4. The monoisotopic (exact) mass is 649 g/mol. The van der Waals surface area contributed by atoms with Crippen LogP contribution in [0.2, 0.25) is 0 Å². The number of hydrogen-bond acceptors (Lipinski definition) is 10. The summed E-state index contributed by atoms with van der Waals surface area (Å²) in [7, 11) is 3.03. The number of halogens is 4. The minimum Gasteiger partial charge on any atom is -0.479 e. The lowest BCUT2D eigenvalue weighted by Gasteiger charge is -2.48. The van der Waals surface area contributed by atoms with Gasteiger partial charge in [0.05, 0.1) is 60.6 Å². The van der Waals surface area contributed by atoms with Gasteiger partial charge in [-0.05, 0) is 36.3 Å². The Labute approximate surface area is 258 Å². The number of hydrogen-bond donors (Lipinski definition) is 2. The van der Waals surface area contributed by atoms with Gasteiger partial charge in [-0.1, -0.05) is 17.3 Å². The number of methoxy groups -OCH3 is 1. The van der Waals surface area contributed by atoms with Gasteiger partial charge < -0.3 is 24.6 Å². The van der Waals surface area contributed by atoms with E-state index >= 15 is 4.39 Å². The van der Waals surface area contributed by atoms with Gasteiger partial charge in [-0.2, -0.15) is 18.2 Å². The number of ether oxygens (including phenoxy) is 2. The third-order valence-corrected chi connectivity index (χ3v) is 10.0. The summed E-state index contributed by atoms with van der Waals surface area (Å²) in [6.07, 6.45) is -3.05. The van der Waals surface area contributed by atoms with Crippen LogP contribution in [-0.2, 0) is 24.8 Å². The molecule has 0 radical (unpaired) electrons. The van der Waals surface area contributed by atoms with E-state index in [1.807, 2.05) is 0 Å². The summed E-state index contributed by atoms with van der Waals surface area (Å²) in [5.74, 6) is -0.379. The number of fused-ring (bicyclic) bond motifs is 3. The first-order valence-corrected chi connectivity index (χ1v) is 15.5. The van der Waals surface area contributed by atoms with Gasteiger partial charge >= 0.3 is 6.18 Å². The molecule has 16 heteroatoms. The fourth-order valence-corrected chi connectivity index (χ4v) is 8.00. The molecule has 0 spiro atoms. The second-order valence-electron chi connectivity index (χ2n) is 11.7. The maximum absolute atomic E-state index is 15.9. The molecule has 3 aliphatic rings. The summed E-state index contributed by atoms with van der Waals surface area (Å²) in [6, 6.07) is 4.89. The van der Waals surface area contributed by atoms with Crippen LogP contribution in [0.15, 0.2) is 28.9 Å². The molecule has 1 aromatic carbocycles. The normalized spacial score (nSPS) is 23.8. The standard InChI is InChI=1S/C29H31F4N7O4S/c1-39-11-18(28(37-39)42-2)27(41)34-10-22-36-26(38-44-22)25-17(9-29(31,32)33)16-4-3-5-19(24(16)45-25)35-20-8-14-6-7-21(23(20)30)40(14)15-12-43-13-15/h3-5,11,14-15,20-21,23,35H,6-10,12-13H2,1-2H3,(H,34,41)/t14-,20-,21+,23-/m1/s1. The molecule has 3 saturated heterocycles. The van der Waals surface area contributed by atoms with Gasteiger partial charge in [-0.25, -0.2) is 4.39 Å². The molecule has 1 amide bonds. The maximum Gasteiger partial charge on any atom is 0.393 e. The average molecular weight is 650 g/mol. The van der Waals surface area contributed by atoms with Crippen molar-refractivity contribution in [3.8, 4) is 16.6 Å². The lowest BCUT2D eigenvalue weighted by Crippen LogP contribution is -2.62. The number of benzene rings is 1. The molecule has 11 nitrogen and oxygen atoms in total. The molecule has 7 rings (SSSR count). The van der Waals surface area contributed by atoms with E-state index in [1.165, 1.54) is 18.0 Å². The SMILES string of the molecule is COc1nn(C)cc1C(=O)NCc1nc(-c2sc3c(N[C@@H]4C[C@H]5CC[C@@H]([C@@H]4F)N5C4COC4)cccc3c2CC(F)(F)F)no1. The van der Waals surface area contributed by atoms with E-state index < -0.39 is 30.7 Å². The molecule has 6 heterocycles. The Morgan fingerprint density at radius 2 is 2.04 bits per heavy atom. The second-order valence-corrected chi connectivity index (χ2v) is 12.7. The molecule has 3 fully saturated rings. The van der Waals surface area contributed by atoms with E-state index in [0.717, 1.165) is 24.2 Å². The molecule has 3 aliphatic heterocycles. The van der Waals surface area contributed by atoms with Crippen LogP contribution in [0.25, 0.3) is 20.8 Å². The van der Waals surface area contributed by atoms with Crippen LogP contribution in [0.1, 0.15) is 41.1 Å². The zero-order valence-corrected chi connectivity index (χ0v) is 25.3. The molecule has 4 aromatic rings. The van der Waals surface area contributed by atoms with Crippen molar-refractivity contribution in [1.82, 2.24) is 30.1 Å². The van der Waals surface area contributed by atoms with Gasteiger partial charge in [0.25, 0.3) is 5.91 Å². The first-order valence-electron chi connectivity index (χ1n) is 14.7. The maximum atomic E-state index is 15.9. The number of thiophene rings is 1. The number of rotatable bonds is 9. The number of alkyl halides is 4. The Morgan fingerprint density at radius 1 is 1.22 bits per heavy atom. The number of aryl methyl sites for hydroxylation is 1. The molecule has 240 valence electrons. The van der Waals surface area contributed by atoms with E-state index in [2.05, 4.69) is 30.8 Å². The molecule has 3 aromatic heterocycles. The van der Waals surface area contributed by atoms with E-state index in [4.69, 9.17) is 14.0 Å². The van der Waals surface area contributed by atoms with E-state index in [-0.39, 0.29) is 58.3 Å². The summed E-state index contributed by atoms with van der Waals surface area (Å²) < 4.78 is 75.1. The molecule has 0 unspecified atom stereocenters. The minimum atomic E-state index is -4.50. The van der Waals surface area contributed by atoms with Crippen LogP contribution >= 0.6 is 11.3 Å². The minimum absolute atomic E-state index is 0.00865. The van der Waals surface area contributed by atoms with Gasteiger partial charge in [-0.3, -0.25) is 14.4 Å². The van der Waals surface area contributed by atoms with E-state index in [1.54, 1.807) is 25.2 Å². The van der Waals surface area contributed by atoms with Crippen molar-refractivity contribution in [1.29, 1.82) is 0 Å². The predicted molar refractivity (Wildman–Crippen MR) is 156 cm³/mol. The van der Waals surface area contributed by atoms with E-state index in [0.29, 0.717) is 35.4 Å². The van der Waals surface area contributed by atoms with Crippen molar-refractivity contribution < 1.29 is 36.4 Å². The summed E-state index contributed by atoms with van der Waals surface area (Å²) in [5, 5.41) is 14.4. The Balaban J connectivity index is 1.14. The fourth-order valence-electron chi connectivity index (χ4n) is 6.77. The third-order valence-electron chi connectivity index (χ3n) is 8.76. The van der Waals surface area contributed by atoms with Crippen LogP contribution in [-0.4, -0.2) is 87.6 Å². The van der Waals surface area contributed by atoms with Gasteiger partial charge in [0.15, 0.2) is 0 Å². The highest BCUT2D eigenvalue weighted by Crippen LogP contribution is 2.45. The number of anilines is 1. The highest BCUT2D eigenvalue weighted by atomic mass is 32.1. The van der Waals surface area contributed by atoms with Crippen molar-refractivity contribution >= 4 is 33.0 Å². The second kappa shape index (κ2) is 11.6.